The van der Waals surface area contributed by atoms with Crippen molar-refractivity contribution in [3.05, 3.63) is 0 Å². The van der Waals surface area contributed by atoms with Gasteiger partial charge in [-0.25, -0.2) is 0 Å². The molecular formula is C15H28N2OS. The fourth-order valence-corrected chi connectivity index (χ4v) is 4.41. The van der Waals surface area contributed by atoms with E-state index in [-0.39, 0.29) is 5.91 Å². The second-order valence-corrected chi connectivity index (χ2v) is 8.08. The lowest BCUT2D eigenvalue weighted by atomic mass is 9.95. The van der Waals surface area contributed by atoms with E-state index in [0.717, 1.165) is 12.3 Å². The van der Waals surface area contributed by atoms with Crippen LogP contribution in [0.1, 0.15) is 58.8 Å². The molecule has 0 aromatic rings. The maximum Gasteiger partial charge on any atom is 0.237 e. The predicted molar refractivity (Wildman–Crippen MR) is 82.3 cm³/mol. The summed E-state index contributed by atoms with van der Waals surface area (Å²) in [5.41, 5.74) is 5.08. The molecule has 0 bridgehead atoms. The minimum Gasteiger partial charge on any atom is -0.368 e. The molecule has 0 aromatic carbocycles. The van der Waals surface area contributed by atoms with Gasteiger partial charge in [0.25, 0.3) is 0 Å². The molecule has 2 atom stereocenters. The molecule has 1 amide bonds. The van der Waals surface area contributed by atoms with E-state index in [4.69, 9.17) is 5.73 Å². The van der Waals surface area contributed by atoms with E-state index < -0.39 is 5.54 Å². The van der Waals surface area contributed by atoms with Gasteiger partial charge in [0.1, 0.15) is 0 Å². The van der Waals surface area contributed by atoms with Gasteiger partial charge in [-0.2, -0.15) is 11.8 Å². The van der Waals surface area contributed by atoms with Crippen LogP contribution >= 0.6 is 11.8 Å². The van der Waals surface area contributed by atoms with Crippen LogP contribution in [0.25, 0.3) is 0 Å². The van der Waals surface area contributed by atoms with Crippen molar-refractivity contribution in [1.29, 1.82) is 0 Å². The number of amides is 1. The van der Waals surface area contributed by atoms with Gasteiger partial charge in [-0.05, 0) is 50.7 Å². The third-order valence-electron chi connectivity index (χ3n) is 4.43. The summed E-state index contributed by atoms with van der Waals surface area (Å²) in [4.78, 5) is 11.7. The maximum atomic E-state index is 11.7. The Hall–Kier alpha value is -0.220. The van der Waals surface area contributed by atoms with Gasteiger partial charge in [-0.1, -0.05) is 19.8 Å². The van der Waals surface area contributed by atoms with Crippen LogP contribution in [0, 0.1) is 5.92 Å². The van der Waals surface area contributed by atoms with Crippen LogP contribution in [0.2, 0.25) is 0 Å². The number of hydrogen-bond donors (Lipinski definition) is 2. The SMILES string of the molecule is CC(CC(C)(NC1CC1)C(N)=O)SCC1CCCC1. The number of carbonyl (C=O) groups excluding carboxylic acids is 1. The van der Waals surface area contributed by atoms with Crippen molar-refractivity contribution in [2.75, 3.05) is 5.75 Å². The van der Waals surface area contributed by atoms with E-state index >= 15 is 0 Å². The van der Waals surface area contributed by atoms with Crippen molar-refractivity contribution in [3.63, 3.8) is 0 Å². The summed E-state index contributed by atoms with van der Waals surface area (Å²) in [6.45, 7) is 4.20. The van der Waals surface area contributed by atoms with Crippen molar-refractivity contribution >= 4 is 17.7 Å². The Morgan fingerprint density at radius 2 is 2.00 bits per heavy atom. The Morgan fingerprint density at radius 1 is 1.37 bits per heavy atom. The van der Waals surface area contributed by atoms with Crippen molar-refractivity contribution in [1.82, 2.24) is 5.32 Å². The molecule has 0 aliphatic heterocycles. The molecule has 0 heterocycles. The molecule has 3 nitrogen and oxygen atoms in total. The molecular weight excluding hydrogens is 256 g/mol. The second kappa shape index (κ2) is 6.49. The lowest BCUT2D eigenvalue weighted by molar-refractivity contribution is -0.124. The fraction of sp³-hybridized carbons (Fsp3) is 0.933. The highest BCUT2D eigenvalue weighted by molar-refractivity contribution is 7.99. The monoisotopic (exact) mass is 284 g/mol. The summed E-state index contributed by atoms with van der Waals surface area (Å²) >= 11 is 2.02. The largest absolute Gasteiger partial charge is 0.368 e. The van der Waals surface area contributed by atoms with Crippen LogP contribution in [0.15, 0.2) is 0 Å². The highest BCUT2D eigenvalue weighted by Gasteiger charge is 2.38. The molecule has 0 spiro atoms. The van der Waals surface area contributed by atoms with Crippen LogP contribution in [-0.4, -0.2) is 28.5 Å². The zero-order valence-electron chi connectivity index (χ0n) is 12.3. The Morgan fingerprint density at radius 3 is 2.53 bits per heavy atom. The topological polar surface area (TPSA) is 55.1 Å². The third-order valence-corrected chi connectivity index (χ3v) is 5.83. The first-order valence-corrected chi connectivity index (χ1v) is 8.74. The molecule has 2 aliphatic carbocycles. The summed E-state index contributed by atoms with van der Waals surface area (Å²) in [6.07, 6.45) is 8.82. The second-order valence-electron chi connectivity index (χ2n) is 6.61. The maximum absolute atomic E-state index is 11.7. The van der Waals surface area contributed by atoms with Gasteiger partial charge in [0, 0.05) is 11.3 Å². The first kappa shape index (κ1) is 15.2. The Labute approximate surface area is 121 Å². The van der Waals surface area contributed by atoms with Gasteiger partial charge in [0.05, 0.1) is 5.54 Å². The van der Waals surface area contributed by atoms with Gasteiger partial charge in [-0.15, -0.1) is 0 Å². The van der Waals surface area contributed by atoms with Crippen LogP contribution in [0.4, 0.5) is 0 Å². The quantitative estimate of drug-likeness (QED) is 0.720. The average Bonchev–Trinajstić information content (AvgIpc) is 2.99. The Balaban J connectivity index is 1.76. The van der Waals surface area contributed by atoms with E-state index in [2.05, 4.69) is 12.2 Å². The van der Waals surface area contributed by atoms with Crippen molar-refractivity contribution in [2.45, 2.75) is 75.6 Å². The molecule has 2 fully saturated rings. The van der Waals surface area contributed by atoms with Crippen LogP contribution < -0.4 is 11.1 Å². The summed E-state index contributed by atoms with van der Waals surface area (Å²) < 4.78 is 0. The zero-order chi connectivity index (χ0) is 13.9. The van der Waals surface area contributed by atoms with E-state index in [1.54, 1.807) is 0 Å². The van der Waals surface area contributed by atoms with Crippen LogP contribution in [-0.2, 0) is 4.79 Å². The molecule has 2 aliphatic rings. The molecule has 19 heavy (non-hydrogen) atoms. The minimum atomic E-state index is -0.525. The smallest absolute Gasteiger partial charge is 0.237 e. The van der Waals surface area contributed by atoms with Crippen molar-refractivity contribution in [3.8, 4) is 0 Å². The minimum absolute atomic E-state index is 0.201. The van der Waals surface area contributed by atoms with Crippen LogP contribution in [0.3, 0.4) is 0 Å². The summed E-state index contributed by atoms with van der Waals surface area (Å²) in [5, 5.41) is 3.93. The van der Waals surface area contributed by atoms with Crippen molar-refractivity contribution in [2.24, 2.45) is 11.7 Å². The van der Waals surface area contributed by atoms with Crippen LogP contribution in [0.5, 0.6) is 0 Å². The predicted octanol–water partition coefficient (Wildman–Crippen LogP) is 2.68. The molecule has 3 N–H and O–H groups in total. The van der Waals surface area contributed by atoms with Crippen molar-refractivity contribution < 1.29 is 4.79 Å². The number of carbonyl (C=O) groups is 1. The molecule has 110 valence electrons. The summed E-state index contributed by atoms with van der Waals surface area (Å²) in [6, 6.07) is 0.518. The average molecular weight is 284 g/mol. The standard InChI is InChI=1S/C15H28N2OS/c1-11(19-10-12-5-3-4-6-12)9-15(2,14(16)18)17-13-7-8-13/h11-13,17H,3-10H2,1-2H3,(H2,16,18). The first-order chi connectivity index (χ1) is 8.99. The highest BCUT2D eigenvalue weighted by Crippen LogP contribution is 2.32. The number of thioether (sulfide) groups is 1. The number of nitrogens with two attached hydrogens (primary N) is 1. The first-order valence-electron chi connectivity index (χ1n) is 7.69. The molecule has 2 rings (SSSR count). The number of rotatable bonds is 8. The van der Waals surface area contributed by atoms with Gasteiger partial charge in [0.2, 0.25) is 5.91 Å². The normalized spacial score (nSPS) is 25.2. The summed E-state index contributed by atoms with van der Waals surface area (Å²) in [7, 11) is 0. The molecule has 0 radical (unpaired) electrons. The lowest BCUT2D eigenvalue weighted by Gasteiger charge is -2.30. The van der Waals surface area contributed by atoms with E-state index in [9.17, 15) is 4.79 Å². The number of hydrogen-bond acceptors (Lipinski definition) is 3. The number of nitrogens with one attached hydrogen (secondary N) is 1. The Kier molecular flexibility index (Phi) is 5.18. The number of primary amides is 1. The molecule has 0 saturated heterocycles. The fourth-order valence-electron chi connectivity index (χ4n) is 3.02. The van der Waals surface area contributed by atoms with E-state index in [1.807, 2.05) is 18.7 Å². The van der Waals surface area contributed by atoms with Gasteiger partial charge in [-0.3, -0.25) is 4.79 Å². The molecule has 4 heteroatoms. The lowest BCUT2D eigenvalue weighted by Crippen LogP contribution is -2.55. The van der Waals surface area contributed by atoms with Gasteiger partial charge in [0.15, 0.2) is 0 Å². The Bertz CT molecular complexity index is 313. The third kappa shape index (κ3) is 4.67. The zero-order valence-corrected chi connectivity index (χ0v) is 13.1. The van der Waals surface area contributed by atoms with E-state index in [1.165, 1.54) is 44.3 Å². The van der Waals surface area contributed by atoms with Gasteiger partial charge >= 0.3 is 0 Å². The van der Waals surface area contributed by atoms with E-state index in [0.29, 0.717) is 11.3 Å². The summed E-state index contributed by atoms with van der Waals surface area (Å²) in [5.74, 6) is 1.95. The molecule has 0 aromatic heterocycles. The molecule has 2 saturated carbocycles. The highest BCUT2D eigenvalue weighted by atomic mass is 32.2. The van der Waals surface area contributed by atoms with Gasteiger partial charge < -0.3 is 11.1 Å². The molecule has 2 unspecified atom stereocenters.